The summed E-state index contributed by atoms with van der Waals surface area (Å²) < 4.78 is 13.4. The van der Waals surface area contributed by atoms with E-state index in [0.717, 1.165) is 18.4 Å². The highest BCUT2D eigenvalue weighted by atomic mass is 19.1. The van der Waals surface area contributed by atoms with Crippen LogP contribution in [0.15, 0.2) is 24.3 Å². The zero-order valence-corrected chi connectivity index (χ0v) is 15.0. The van der Waals surface area contributed by atoms with E-state index in [2.05, 4.69) is 10.6 Å². The van der Waals surface area contributed by atoms with Crippen molar-refractivity contribution >= 4 is 17.8 Å². The molecule has 0 unspecified atom stereocenters. The molecule has 2 heterocycles. The van der Waals surface area contributed by atoms with Gasteiger partial charge in [-0.15, -0.1) is 0 Å². The van der Waals surface area contributed by atoms with Crippen LogP contribution in [0.5, 0.6) is 0 Å². The Morgan fingerprint density at radius 1 is 1.35 bits per heavy atom. The summed E-state index contributed by atoms with van der Waals surface area (Å²) in [5.41, 5.74) is -0.0746. The van der Waals surface area contributed by atoms with Crippen molar-refractivity contribution in [2.45, 2.75) is 44.6 Å². The van der Waals surface area contributed by atoms with Crippen molar-refractivity contribution in [2.75, 3.05) is 13.1 Å². The lowest BCUT2D eigenvalue weighted by Crippen LogP contribution is -2.48. The van der Waals surface area contributed by atoms with Crippen LogP contribution in [-0.4, -0.2) is 41.4 Å². The Morgan fingerprint density at radius 3 is 2.62 bits per heavy atom. The minimum Gasteiger partial charge on any atom is -0.342 e. The number of imide groups is 1. The number of carbonyl (C=O) groups excluding carboxylic acids is 3. The van der Waals surface area contributed by atoms with Gasteiger partial charge in [0, 0.05) is 19.0 Å². The second-order valence-electron chi connectivity index (χ2n) is 7.50. The second kappa shape index (κ2) is 7.05. The number of piperidine rings is 1. The van der Waals surface area contributed by atoms with Gasteiger partial charge in [-0.2, -0.15) is 0 Å². The fourth-order valence-electron chi connectivity index (χ4n) is 3.93. The van der Waals surface area contributed by atoms with Gasteiger partial charge in [0.15, 0.2) is 0 Å². The van der Waals surface area contributed by atoms with Gasteiger partial charge in [0.25, 0.3) is 5.91 Å². The molecular formula is C19H24FN3O3. The number of nitrogens with zero attached hydrogens (tertiary/aromatic N) is 1. The first-order valence-corrected chi connectivity index (χ1v) is 8.96. The second-order valence-corrected chi connectivity index (χ2v) is 7.50. The predicted octanol–water partition coefficient (Wildman–Crippen LogP) is 2.16. The van der Waals surface area contributed by atoms with Crippen LogP contribution in [0.4, 0.5) is 9.18 Å². The van der Waals surface area contributed by atoms with E-state index in [-0.39, 0.29) is 30.0 Å². The van der Waals surface area contributed by atoms with Gasteiger partial charge in [-0.3, -0.25) is 14.9 Å². The number of nitrogens with one attached hydrogen (secondary N) is 2. The minimum atomic E-state index is -1.05. The molecule has 2 N–H and O–H groups in total. The summed E-state index contributed by atoms with van der Waals surface area (Å²) in [5, 5.41) is 4.81. The Kier molecular flexibility index (Phi) is 4.98. The molecule has 6 nitrogen and oxygen atoms in total. The number of rotatable bonds is 4. The van der Waals surface area contributed by atoms with E-state index in [1.54, 1.807) is 30.9 Å². The Morgan fingerprint density at radius 2 is 2.04 bits per heavy atom. The fourth-order valence-corrected chi connectivity index (χ4v) is 3.93. The summed E-state index contributed by atoms with van der Waals surface area (Å²) in [7, 11) is 0. The van der Waals surface area contributed by atoms with Crippen LogP contribution in [-0.2, 0) is 9.59 Å². The first kappa shape index (κ1) is 18.4. The SMILES string of the molecule is C[C@@H](C[C@@]1(C)NC(=O)NC1=O)C(=O)N1CCC(c2cccc(F)c2)CC1. The maximum Gasteiger partial charge on any atom is 0.322 e. The van der Waals surface area contributed by atoms with Crippen molar-refractivity contribution in [3.8, 4) is 0 Å². The predicted molar refractivity (Wildman–Crippen MR) is 93.8 cm³/mol. The van der Waals surface area contributed by atoms with Crippen molar-refractivity contribution in [1.29, 1.82) is 0 Å². The summed E-state index contributed by atoms with van der Waals surface area (Å²) in [6, 6.07) is 6.12. The molecule has 0 aromatic heterocycles. The van der Waals surface area contributed by atoms with Crippen molar-refractivity contribution in [3.05, 3.63) is 35.6 Å². The molecule has 2 aliphatic heterocycles. The third-order valence-electron chi connectivity index (χ3n) is 5.38. The average Bonchev–Trinajstić information content (AvgIpc) is 2.86. The number of halogens is 1. The van der Waals surface area contributed by atoms with Crippen LogP contribution >= 0.6 is 0 Å². The molecule has 0 saturated carbocycles. The van der Waals surface area contributed by atoms with E-state index >= 15 is 0 Å². The van der Waals surface area contributed by atoms with Gasteiger partial charge < -0.3 is 10.2 Å². The lowest BCUT2D eigenvalue weighted by molar-refractivity contribution is -0.137. The topological polar surface area (TPSA) is 78.5 Å². The van der Waals surface area contributed by atoms with E-state index in [1.165, 1.54) is 6.07 Å². The minimum absolute atomic E-state index is 0.0159. The average molecular weight is 361 g/mol. The molecule has 1 aromatic carbocycles. The van der Waals surface area contributed by atoms with Crippen molar-refractivity contribution in [3.63, 3.8) is 0 Å². The Bertz CT molecular complexity index is 730. The van der Waals surface area contributed by atoms with Crippen molar-refractivity contribution in [1.82, 2.24) is 15.5 Å². The highest BCUT2D eigenvalue weighted by Crippen LogP contribution is 2.30. The molecule has 0 bridgehead atoms. The molecule has 2 atom stereocenters. The van der Waals surface area contributed by atoms with Crippen LogP contribution in [0.3, 0.4) is 0 Å². The molecule has 2 fully saturated rings. The summed E-state index contributed by atoms with van der Waals surface area (Å²) >= 11 is 0. The van der Waals surface area contributed by atoms with Gasteiger partial charge in [-0.1, -0.05) is 19.1 Å². The molecule has 26 heavy (non-hydrogen) atoms. The van der Waals surface area contributed by atoms with Crippen LogP contribution in [0.2, 0.25) is 0 Å². The summed E-state index contributed by atoms with van der Waals surface area (Å²) in [4.78, 5) is 37.8. The Balaban J connectivity index is 1.56. The highest BCUT2D eigenvalue weighted by Gasteiger charge is 2.44. The molecule has 0 aliphatic carbocycles. The molecule has 2 aliphatic rings. The normalized spacial score (nSPS) is 25.0. The summed E-state index contributed by atoms with van der Waals surface area (Å²) in [6.07, 6.45) is 1.83. The highest BCUT2D eigenvalue weighted by molar-refractivity contribution is 6.07. The summed E-state index contributed by atoms with van der Waals surface area (Å²) in [6.45, 7) is 4.64. The van der Waals surface area contributed by atoms with E-state index in [0.29, 0.717) is 13.1 Å². The molecule has 2 saturated heterocycles. The van der Waals surface area contributed by atoms with Crippen molar-refractivity contribution in [2.24, 2.45) is 5.92 Å². The molecular weight excluding hydrogens is 337 g/mol. The number of urea groups is 1. The maximum absolute atomic E-state index is 13.4. The zero-order chi connectivity index (χ0) is 18.9. The Hall–Kier alpha value is -2.44. The number of amides is 4. The van der Waals surface area contributed by atoms with Gasteiger partial charge in [-0.25, -0.2) is 9.18 Å². The van der Waals surface area contributed by atoms with Crippen LogP contribution in [0.25, 0.3) is 0 Å². The van der Waals surface area contributed by atoms with Crippen molar-refractivity contribution < 1.29 is 18.8 Å². The van der Waals surface area contributed by atoms with Gasteiger partial charge in [0.05, 0.1) is 0 Å². The van der Waals surface area contributed by atoms with E-state index in [1.807, 2.05) is 6.07 Å². The van der Waals surface area contributed by atoms with Gasteiger partial charge >= 0.3 is 6.03 Å². The first-order chi connectivity index (χ1) is 12.3. The number of hydrogen-bond donors (Lipinski definition) is 2. The first-order valence-electron chi connectivity index (χ1n) is 8.96. The molecule has 0 radical (unpaired) electrons. The third-order valence-corrected chi connectivity index (χ3v) is 5.38. The lowest BCUT2D eigenvalue weighted by Gasteiger charge is -2.35. The number of hydrogen-bond acceptors (Lipinski definition) is 3. The molecule has 0 spiro atoms. The van der Waals surface area contributed by atoms with E-state index in [9.17, 15) is 18.8 Å². The van der Waals surface area contributed by atoms with Gasteiger partial charge in [-0.05, 0) is 49.8 Å². The Labute approximate surface area is 152 Å². The van der Waals surface area contributed by atoms with E-state index in [4.69, 9.17) is 0 Å². The van der Waals surface area contributed by atoms with E-state index < -0.39 is 17.5 Å². The number of likely N-dealkylation sites (tertiary alicyclic amines) is 1. The molecule has 4 amide bonds. The quantitative estimate of drug-likeness (QED) is 0.807. The molecule has 3 rings (SSSR count). The molecule has 140 valence electrons. The third kappa shape index (κ3) is 3.71. The van der Waals surface area contributed by atoms with Crippen LogP contribution in [0.1, 0.15) is 44.6 Å². The van der Waals surface area contributed by atoms with Crippen LogP contribution < -0.4 is 10.6 Å². The standard InChI is InChI=1S/C19H24FN3O3/c1-12(11-19(2)17(25)21-18(26)22-19)16(24)23-8-6-13(7-9-23)14-4-3-5-15(20)10-14/h3-5,10,12-13H,6-9,11H2,1-2H3,(H2,21,22,25,26)/t12-,19+/m0/s1. The zero-order valence-electron chi connectivity index (χ0n) is 15.0. The number of carbonyl (C=O) groups is 3. The molecule has 1 aromatic rings. The smallest absolute Gasteiger partial charge is 0.322 e. The fraction of sp³-hybridized carbons (Fsp3) is 0.526. The molecule has 7 heteroatoms. The largest absolute Gasteiger partial charge is 0.342 e. The summed E-state index contributed by atoms with van der Waals surface area (Å²) in [5.74, 6) is -0.776. The lowest BCUT2D eigenvalue weighted by atomic mass is 9.87. The van der Waals surface area contributed by atoms with Gasteiger partial charge in [0.1, 0.15) is 11.4 Å². The number of benzene rings is 1. The van der Waals surface area contributed by atoms with Gasteiger partial charge in [0.2, 0.25) is 5.91 Å². The maximum atomic E-state index is 13.4. The monoisotopic (exact) mass is 361 g/mol. The van der Waals surface area contributed by atoms with Crippen LogP contribution in [0, 0.1) is 11.7 Å².